The molecule has 6 nitrogen and oxygen atoms in total. The average Bonchev–Trinajstić information content (AvgIpc) is 3.03. The Kier molecular flexibility index (Phi) is 5.86. The fraction of sp³-hybridized carbons (Fsp3) is 0.381. The van der Waals surface area contributed by atoms with E-state index in [1.807, 2.05) is 58.0 Å². The first-order chi connectivity index (χ1) is 13.0. The molecule has 3 rings (SSSR count). The van der Waals surface area contributed by atoms with Crippen LogP contribution in [0.4, 0.5) is 0 Å². The van der Waals surface area contributed by atoms with Crippen LogP contribution in [0.2, 0.25) is 0 Å². The molecule has 0 aliphatic heterocycles. The number of ether oxygens (including phenoxy) is 1. The Balaban J connectivity index is 1.85. The minimum absolute atomic E-state index is 0.0166. The van der Waals surface area contributed by atoms with Gasteiger partial charge in [-0.1, -0.05) is 32.0 Å². The third-order valence-corrected chi connectivity index (χ3v) is 4.33. The molecule has 142 valence electrons. The normalized spacial score (nSPS) is 11.2. The van der Waals surface area contributed by atoms with E-state index in [0.717, 1.165) is 28.3 Å². The highest BCUT2D eigenvalue weighted by atomic mass is 16.5. The molecule has 0 fully saturated rings. The van der Waals surface area contributed by atoms with Crippen molar-refractivity contribution in [2.24, 2.45) is 0 Å². The maximum absolute atomic E-state index is 9.37. The van der Waals surface area contributed by atoms with Crippen molar-refractivity contribution in [2.45, 2.75) is 46.6 Å². The number of nitrogens with zero attached hydrogens (tertiary/aromatic N) is 3. The van der Waals surface area contributed by atoms with Crippen LogP contribution in [0.15, 0.2) is 34.7 Å². The predicted molar refractivity (Wildman–Crippen MR) is 103 cm³/mol. The Morgan fingerprint density at radius 1 is 1.07 bits per heavy atom. The van der Waals surface area contributed by atoms with Crippen LogP contribution >= 0.6 is 0 Å². The summed E-state index contributed by atoms with van der Waals surface area (Å²) in [5.41, 5.74) is 3.31. The van der Waals surface area contributed by atoms with E-state index < -0.39 is 0 Å². The second-order valence-electron chi connectivity index (χ2n) is 6.76. The number of aryl methyl sites for hydroxylation is 2. The molecule has 27 heavy (non-hydrogen) atoms. The van der Waals surface area contributed by atoms with Gasteiger partial charge in [-0.3, -0.25) is 0 Å². The Labute approximate surface area is 159 Å². The molecule has 0 saturated heterocycles. The summed E-state index contributed by atoms with van der Waals surface area (Å²) in [7, 11) is 0. The van der Waals surface area contributed by atoms with Crippen molar-refractivity contribution in [3.05, 3.63) is 58.9 Å². The SMILES string of the molecule is Cc1nc(C(C)C)nc(OCc2nc(-c3ccccc3)oc2C)c1CCO. The monoisotopic (exact) mass is 367 g/mol. The summed E-state index contributed by atoms with van der Waals surface area (Å²) in [6, 6.07) is 9.76. The van der Waals surface area contributed by atoms with Gasteiger partial charge in [0, 0.05) is 35.8 Å². The molecule has 0 radical (unpaired) electrons. The quantitative estimate of drug-likeness (QED) is 0.680. The molecular weight excluding hydrogens is 342 g/mol. The van der Waals surface area contributed by atoms with Crippen LogP contribution in [0.5, 0.6) is 5.88 Å². The number of aliphatic hydroxyl groups excluding tert-OH is 1. The number of rotatable bonds is 7. The fourth-order valence-electron chi connectivity index (χ4n) is 2.77. The van der Waals surface area contributed by atoms with Crippen molar-refractivity contribution in [3.8, 4) is 17.3 Å². The van der Waals surface area contributed by atoms with Crippen LogP contribution in [-0.4, -0.2) is 26.7 Å². The van der Waals surface area contributed by atoms with Gasteiger partial charge < -0.3 is 14.3 Å². The van der Waals surface area contributed by atoms with E-state index >= 15 is 0 Å². The van der Waals surface area contributed by atoms with Crippen molar-refractivity contribution in [2.75, 3.05) is 6.61 Å². The molecule has 2 heterocycles. The molecule has 2 aromatic heterocycles. The van der Waals surface area contributed by atoms with Crippen LogP contribution in [0.3, 0.4) is 0 Å². The van der Waals surface area contributed by atoms with E-state index in [0.29, 0.717) is 24.0 Å². The number of aliphatic hydroxyl groups is 1. The molecule has 1 aromatic carbocycles. The molecular formula is C21H25N3O3. The van der Waals surface area contributed by atoms with Gasteiger partial charge in [0.1, 0.15) is 23.9 Å². The third-order valence-electron chi connectivity index (χ3n) is 4.33. The van der Waals surface area contributed by atoms with Crippen molar-refractivity contribution < 1.29 is 14.3 Å². The smallest absolute Gasteiger partial charge is 0.226 e. The van der Waals surface area contributed by atoms with Crippen LogP contribution in [0, 0.1) is 13.8 Å². The number of hydrogen-bond acceptors (Lipinski definition) is 6. The minimum Gasteiger partial charge on any atom is -0.471 e. The Morgan fingerprint density at radius 2 is 1.81 bits per heavy atom. The van der Waals surface area contributed by atoms with Crippen LogP contribution in [0.1, 0.15) is 48.3 Å². The van der Waals surface area contributed by atoms with Gasteiger partial charge in [-0.2, -0.15) is 4.98 Å². The van der Waals surface area contributed by atoms with E-state index in [2.05, 4.69) is 15.0 Å². The van der Waals surface area contributed by atoms with Gasteiger partial charge in [0.25, 0.3) is 0 Å². The standard InChI is InChI=1S/C21H25N3O3/c1-13(2)19-22-14(3)17(10-11-25)21(24-19)26-12-18-15(4)27-20(23-18)16-8-6-5-7-9-16/h5-9,13,25H,10-12H2,1-4H3. The highest BCUT2D eigenvalue weighted by Gasteiger charge is 2.17. The van der Waals surface area contributed by atoms with E-state index in [1.165, 1.54) is 0 Å². The molecule has 0 bridgehead atoms. The molecule has 0 spiro atoms. The molecule has 0 aliphatic rings. The van der Waals surface area contributed by atoms with Crippen molar-refractivity contribution in [1.82, 2.24) is 15.0 Å². The first-order valence-corrected chi connectivity index (χ1v) is 9.12. The Morgan fingerprint density at radius 3 is 2.48 bits per heavy atom. The van der Waals surface area contributed by atoms with Gasteiger partial charge in [-0.05, 0) is 26.0 Å². The lowest BCUT2D eigenvalue weighted by molar-refractivity contribution is 0.270. The highest BCUT2D eigenvalue weighted by molar-refractivity contribution is 5.53. The van der Waals surface area contributed by atoms with Gasteiger partial charge in [0.05, 0.1) is 0 Å². The summed E-state index contributed by atoms with van der Waals surface area (Å²) < 4.78 is 11.8. The fourth-order valence-corrected chi connectivity index (χ4v) is 2.77. The minimum atomic E-state index is 0.0166. The maximum atomic E-state index is 9.37. The van der Waals surface area contributed by atoms with Crippen LogP contribution < -0.4 is 4.74 Å². The third kappa shape index (κ3) is 4.34. The highest BCUT2D eigenvalue weighted by Crippen LogP contribution is 2.25. The summed E-state index contributed by atoms with van der Waals surface area (Å²) >= 11 is 0. The topological polar surface area (TPSA) is 81.3 Å². The molecule has 6 heteroatoms. The molecule has 0 aliphatic carbocycles. The van der Waals surface area contributed by atoms with E-state index in [1.54, 1.807) is 0 Å². The van der Waals surface area contributed by atoms with Crippen molar-refractivity contribution >= 4 is 0 Å². The van der Waals surface area contributed by atoms with Crippen LogP contribution in [0.25, 0.3) is 11.5 Å². The lowest BCUT2D eigenvalue weighted by Crippen LogP contribution is -2.10. The van der Waals surface area contributed by atoms with Gasteiger partial charge in [0.2, 0.25) is 11.8 Å². The number of hydrogen-bond donors (Lipinski definition) is 1. The average molecular weight is 367 g/mol. The molecule has 0 amide bonds. The summed E-state index contributed by atoms with van der Waals surface area (Å²) in [6.07, 6.45) is 0.451. The molecule has 3 aromatic rings. The van der Waals surface area contributed by atoms with Gasteiger partial charge in [0.15, 0.2) is 0 Å². The molecule has 1 N–H and O–H groups in total. The number of benzene rings is 1. The lowest BCUT2D eigenvalue weighted by atomic mass is 10.1. The van der Waals surface area contributed by atoms with Gasteiger partial charge in [-0.25, -0.2) is 9.97 Å². The molecule has 0 saturated carbocycles. The number of oxazole rings is 1. The summed E-state index contributed by atoms with van der Waals surface area (Å²) in [4.78, 5) is 13.7. The van der Waals surface area contributed by atoms with E-state index in [4.69, 9.17) is 9.15 Å². The largest absolute Gasteiger partial charge is 0.471 e. The zero-order valence-corrected chi connectivity index (χ0v) is 16.2. The lowest BCUT2D eigenvalue weighted by Gasteiger charge is -2.14. The Bertz CT molecular complexity index is 905. The van der Waals surface area contributed by atoms with Gasteiger partial charge in [-0.15, -0.1) is 0 Å². The molecule has 0 atom stereocenters. The summed E-state index contributed by atoms with van der Waals surface area (Å²) in [6.45, 7) is 8.13. The van der Waals surface area contributed by atoms with Crippen molar-refractivity contribution in [3.63, 3.8) is 0 Å². The zero-order chi connectivity index (χ0) is 19.4. The first-order valence-electron chi connectivity index (χ1n) is 9.12. The van der Waals surface area contributed by atoms with E-state index in [9.17, 15) is 5.11 Å². The van der Waals surface area contributed by atoms with Crippen LogP contribution in [-0.2, 0) is 13.0 Å². The van der Waals surface area contributed by atoms with Gasteiger partial charge >= 0.3 is 0 Å². The second-order valence-corrected chi connectivity index (χ2v) is 6.76. The summed E-state index contributed by atoms with van der Waals surface area (Å²) in [5.74, 6) is 2.71. The van der Waals surface area contributed by atoms with Crippen molar-refractivity contribution in [1.29, 1.82) is 0 Å². The first kappa shape index (κ1) is 19.0. The summed E-state index contributed by atoms with van der Waals surface area (Å²) in [5, 5.41) is 9.37. The zero-order valence-electron chi connectivity index (χ0n) is 16.2. The second kappa shape index (κ2) is 8.31. The Hall–Kier alpha value is -2.73. The molecule has 0 unspecified atom stereocenters. The van der Waals surface area contributed by atoms with E-state index in [-0.39, 0.29) is 19.1 Å². The predicted octanol–water partition coefficient (Wildman–Crippen LogP) is 3.99. The maximum Gasteiger partial charge on any atom is 0.226 e. The number of aromatic nitrogens is 3.